The van der Waals surface area contributed by atoms with Crippen LogP contribution in [-0.4, -0.2) is 45.2 Å². The smallest absolute Gasteiger partial charge is 0.254 e. The average Bonchev–Trinajstić information content (AvgIpc) is 3.11. The molecular formula is C21H20FN3O2. The van der Waals surface area contributed by atoms with E-state index in [4.69, 9.17) is 5.11 Å². The van der Waals surface area contributed by atoms with Crippen LogP contribution < -0.4 is 0 Å². The van der Waals surface area contributed by atoms with E-state index in [0.717, 1.165) is 28.6 Å². The molecule has 2 aromatic carbocycles. The summed E-state index contributed by atoms with van der Waals surface area (Å²) in [7, 11) is 0. The number of aromatic nitrogens is 2. The molecule has 1 N–H and O–H groups in total. The van der Waals surface area contributed by atoms with Gasteiger partial charge in [-0.1, -0.05) is 18.2 Å². The van der Waals surface area contributed by atoms with E-state index in [1.54, 1.807) is 35.5 Å². The largest absolute Gasteiger partial charge is 0.395 e. The molecule has 0 unspecified atom stereocenters. The van der Waals surface area contributed by atoms with Crippen LogP contribution in [0.15, 0.2) is 54.9 Å². The van der Waals surface area contributed by atoms with Gasteiger partial charge in [0.25, 0.3) is 5.91 Å². The maximum Gasteiger partial charge on any atom is 0.254 e. The summed E-state index contributed by atoms with van der Waals surface area (Å²) >= 11 is 0. The molecule has 138 valence electrons. The first-order valence-electron chi connectivity index (χ1n) is 8.96. The molecule has 1 aromatic heterocycles. The summed E-state index contributed by atoms with van der Waals surface area (Å²) in [6, 6.07) is 11.9. The summed E-state index contributed by atoms with van der Waals surface area (Å²) in [4.78, 5) is 19.0. The highest BCUT2D eigenvalue weighted by molar-refractivity contribution is 5.97. The van der Waals surface area contributed by atoms with Gasteiger partial charge in [-0.3, -0.25) is 4.79 Å². The standard InChI is InChI=1S/C21H20FN3O2/c22-18-4-1-15(2-5-18)16-7-9-24(10-8-16)21(27)17-3-6-20-19(13-17)23-14-25(20)11-12-26/h1-7,13-14,26H,8-12H2. The fourth-order valence-electron chi connectivity index (χ4n) is 3.45. The molecule has 0 fully saturated rings. The molecule has 0 saturated carbocycles. The Hall–Kier alpha value is -2.99. The summed E-state index contributed by atoms with van der Waals surface area (Å²) in [5.74, 6) is -0.271. The zero-order chi connectivity index (χ0) is 18.8. The Bertz CT molecular complexity index is 1010. The summed E-state index contributed by atoms with van der Waals surface area (Å²) < 4.78 is 14.9. The van der Waals surface area contributed by atoms with Crippen LogP contribution in [0, 0.1) is 5.82 Å². The zero-order valence-corrected chi connectivity index (χ0v) is 14.8. The highest BCUT2D eigenvalue weighted by Gasteiger charge is 2.20. The molecule has 5 nitrogen and oxygen atoms in total. The van der Waals surface area contributed by atoms with E-state index in [2.05, 4.69) is 4.98 Å². The minimum atomic E-state index is -0.246. The lowest BCUT2D eigenvalue weighted by Crippen LogP contribution is -2.34. The summed E-state index contributed by atoms with van der Waals surface area (Å²) in [6.07, 6.45) is 4.45. The van der Waals surface area contributed by atoms with Gasteiger partial charge >= 0.3 is 0 Å². The maximum absolute atomic E-state index is 13.1. The van der Waals surface area contributed by atoms with Gasteiger partial charge in [-0.2, -0.15) is 0 Å². The van der Waals surface area contributed by atoms with Crippen LogP contribution in [0.2, 0.25) is 0 Å². The van der Waals surface area contributed by atoms with Crippen LogP contribution >= 0.6 is 0 Å². The molecule has 1 aliphatic rings. The van der Waals surface area contributed by atoms with Gasteiger partial charge in [0, 0.05) is 25.2 Å². The van der Waals surface area contributed by atoms with Crippen molar-refractivity contribution in [2.75, 3.05) is 19.7 Å². The summed E-state index contributed by atoms with van der Waals surface area (Å²) in [5.41, 5.74) is 4.39. The van der Waals surface area contributed by atoms with Crippen molar-refractivity contribution in [3.05, 3.63) is 71.8 Å². The first kappa shape index (κ1) is 17.4. The molecule has 27 heavy (non-hydrogen) atoms. The fourth-order valence-corrected chi connectivity index (χ4v) is 3.45. The first-order valence-corrected chi connectivity index (χ1v) is 8.96. The van der Waals surface area contributed by atoms with Crippen molar-refractivity contribution >= 4 is 22.5 Å². The van der Waals surface area contributed by atoms with Gasteiger partial charge in [0.05, 0.1) is 24.0 Å². The summed E-state index contributed by atoms with van der Waals surface area (Å²) in [6.45, 7) is 1.68. The molecule has 0 spiro atoms. The Kier molecular flexibility index (Phi) is 4.73. The van der Waals surface area contributed by atoms with Crippen molar-refractivity contribution in [1.82, 2.24) is 14.5 Å². The second-order valence-electron chi connectivity index (χ2n) is 6.60. The Balaban J connectivity index is 1.50. The SMILES string of the molecule is O=C(c1ccc2c(c1)ncn2CCO)N1CC=C(c2ccc(F)cc2)CC1. The fraction of sp³-hybridized carbons (Fsp3) is 0.238. The molecule has 1 amide bonds. The topological polar surface area (TPSA) is 58.4 Å². The quantitative estimate of drug-likeness (QED) is 0.773. The molecule has 6 heteroatoms. The second kappa shape index (κ2) is 7.32. The predicted octanol–water partition coefficient (Wildman–Crippen LogP) is 3.10. The molecule has 0 aliphatic carbocycles. The lowest BCUT2D eigenvalue weighted by molar-refractivity contribution is 0.0773. The number of benzene rings is 2. The van der Waals surface area contributed by atoms with Crippen LogP contribution in [0.1, 0.15) is 22.3 Å². The van der Waals surface area contributed by atoms with Gasteiger partial charge in [-0.15, -0.1) is 0 Å². The normalized spacial score (nSPS) is 14.4. The molecule has 0 bridgehead atoms. The number of aliphatic hydroxyl groups is 1. The molecule has 2 heterocycles. The molecule has 3 aromatic rings. The first-order chi connectivity index (χ1) is 13.2. The number of imidazole rings is 1. The minimum absolute atomic E-state index is 0.0250. The van der Waals surface area contributed by atoms with Crippen LogP contribution in [0.3, 0.4) is 0 Å². The Morgan fingerprint density at radius 3 is 2.70 bits per heavy atom. The second-order valence-corrected chi connectivity index (χ2v) is 6.60. The van der Waals surface area contributed by atoms with Crippen LogP contribution in [0.25, 0.3) is 16.6 Å². The van der Waals surface area contributed by atoms with E-state index < -0.39 is 0 Å². The highest BCUT2D eigenvalue weighted by atomic mass is 19.1. The molecule has 0 atom stereocenters. The minimum Gasteiger partial charge on any atom is -0.395 e. The molecule has 4 rings (SSSR count). The third-order valence-electron chi connectivity index (χ3n) is 4.92. The zero-order valence-electron chi connectivity index (χ0n) is 14.8. The Morgan fingerprint density at radius 1 is 1.19 bits per heavy atom. The van der Waals surface area contributed by atoms with E-state index in [9.17, 15) is 9.18 Å². The summed E-state index contributed by atoms with van der Waals surface area (Å²) in [5, 5.41) is 9.09. The number of nitrogens with zero attached hydrogens (tertiary/aromatic N) is 3. The van der Waals surface area contributed by atoms with Crippen LogP contribution in [0.4, 0.5) is 4.39 Å². The molecule has 0 saturated heterocycles. The lowest BCUT2D eigenvalue weighted by atomic mass is 9.99. The monoisotopic (exact) mass is 365 g/mol. The maximum atomic E-state index is 13.1. The third-order valence-corrected chi connectivity index (χ3v) is 4.92. The number of aliphatic hydroxyl groups excluding tert-OH is 1. The Labute approximate surface area is 156 Å². The lowest BCUT2D eigenvalue weighted by Gasteiger charge is -2.27. The van der Waals surface area contributed by atoms with Crippen molar-refractivity contribution in [3.63, 3.8) is 0 Å². The van der Waals surface area contributed by atoms with Gasteiger partial charge < -0.3 is 14.6 Å². The van der Waals surface area contributed by atoms with Crippen molar-refractivity contribution in [2.45, 2.75) is 13.0 Å². The van der Waals surface area contributed by atoms with Gasteiger partial charge in [-0.05, 0) is 47.9 Å². The molecular weight excluding hydrogens is 345 g/mol. The predicted molar refractivity (Wildman–Crippen MR) is 102 cm³/mol. The third kappa shape index (κ3) is 3.48. The highest BCUT2D eigenvalue weighted by Crippen LogP contribution is 2.24. The van der Waals surface area contributed by atoms with E-state index in [1.165, 1.54) is 12.1 Å². The van der Waals surface area contributed by atoms with Crippen LogP contribution in [-0.2, 0) is 6.54 Å². The van der Waals surface area contributed by atoms with E-state index in [1.807, 2.05) is 16.7 Å². The van der Waals surface area contributed by atoms with Crippen molar-refractivity contribution < 1.29 is 14.3 Å². The average molecular weight is 365 g/mol. The number of carbonyl (C=O) groups excluding carboxylic acids is 1. The van der Waals surface area contributed by atoms with Gasteiger partial charge in [0.2, 0.25) is 0 Å². The van der Waals surface area contributed by atoms with Gasteiger partial charge in [0.15, 0.2) is 0 Å². The van der Waals surface area contributed by atoms with Crippen molar-refractivity contribution in [3.8, 4) is 0 Å². The number of fused-ring (bicyclic) bond motifs is 1. The van der Waals surface area contributed by atoms with E-state index >= 15 is 0 Å². The number of amides is 1. The van der Waals surface area contributed by atoms with Gasteiger partial charge in [-0.25, -0.2) is 9.37 Å². The number of carbonyl (C=O) groups is 1. The van der Waals surface area contributed by atoms with Crippen molar-refractivity contribution in [2.24, 2.45) is 0 Å². The number of hydrogen-bond donors (Lipinski definition) is 1. The number of rotatable bonds is 4. The molecule has 0 radical (unpaired) electrons. The Morgan fingerprint density at radius 2 is 2.00 bits per heavy atom. The van der Waals surface area contributed by atoms with Crippen LogP contribution in [0.5, 0.6) is 0 Å². The van der Waals surface area contributed by atoms with Gasteiger partial charge in [0.1, 0.15) is 5.82 Å². The van der Waals surface area contributed by atoms with E-state index in [0.29, 0.717) is 25.2 Å². The molecule has 1 aliphatic heterocycles. The van der Waals surface area contributed by atoms with Crippen molar-refractivity contribution in [1.29, 1.82) is 0 Å². The number of halogens is 1. The number of hydrogen-bond acceptors (Lipinski definition) is 3. The van der Waals surface area contributed by atoms with E-state index in [-0.39, 0.29) is 18.3 Å².